The molecule has 0 saturated carbocycles. The number of nitrogens with one attached hydrogen (secondary N) is 1. The number of guanidine groups is 1. The average molecular weight is 353 g/mol. The fourth-order valence-electron chi connectivity index (χ4n) is 3.10. The lowest BCUT2D eigenvalue weighted by Gasteiger charge is -2.21. The lowest BCUT2D eigenvalue weighted by molar-refractivity contribution is 0.417. The summed E-state index contributed by atoms with van der Waals surface area (Å²) in [7, 11) is 1.63. The summed E-state index contributed by atoms with van der Waals surface area (Å²) in [5.74, 6) is 2.14. The number of rotatable bonds is 5. The predicted molar refractivity (Wildman–Crippen MR) is 107 cm³/mol. The second-order valence-electron chi connectivity index (χ2n) is 6.45. The van der Waals surface area contributed by atoms with Crippen LogP contribution in [0.5, 0.6) is 5.75 Å². The maximum Gasteiger partial charge on any atom is 0.193 e. The first-order chi connectivity index (χ1) is 12.8. The van der Waals surface area contributed by atoms with Gasteiger partial charge >= 0.3 is 0 Å². The standard InChI is InChI=1S/C20H27N5O/c1-26-18-9-5-4-8-17(18)24-20(21)23-15-16-10-11-19(22-14-16)25-12-6-2-3-7-13-25/h4-5,8-11,14H,2-3,6-7,12-13,15H2,1H3,(H3,21,23,24). The van der Waals surface area contributed by atoms with Gasteiger partial charge in [-0.25, -0.2) is 9.98 Å². The van der Waals surface area contributed by atoms with E-state index in [4.69, 9.17) is 10.5 Å². The zero-order valence-corrected chi connectivity index (χ0v) is 15.3. The summed E-state index contributed by atoms with van der Waals surface area (Å²) in [5.41, 5.74) is 7.83. The Morgan fingerprint density at radius 2 is 1.92 bits per heavy atom. The van der Waals surface area contributed by atoms with Gasteiger partial charge in [0.05, 0.1) is 19.3 Å². The molecule has 0 unspecified atom stereocenters. The van der Waals surface area contributed by atoms with Crippen molar-refractivity contribution in [1.29, 1.82) is 0 Å². The third-order valence-corrected chi connectivity index (χ3v) is 4.54. The van der Waals surface area contributed by atoms with Crippen molar-refractivity contribution in [3.05, 3.63) is 48.2 Å². The second kappa shape index (κ2) is 9.08. The number of methoxy groups -OCH3 is 1. The molecule has 0 spiro atoms. The van der Waals surface area contributed by atoms with Gasteiger partial charge in [-0.2, -0.15) is 0 Å². The Labute approximate surface area is 155 Å². The summed E-state index contributed by atoms with van der Waals surface area (Å²) in [6, 6.07) is 11.8. The number of ether oxygens (including phenoxy) is 1. The molecule has 2 aromatic rings. The molecule has 1 fully saturated rings. The van der Waals surface area contributed by atoms with Gasteiger partial charge in [-0.15, -0.1) is 0 Å². The SMILES string of the molecule is COc1ccccc1NC(N)=NCc1ccc(N2CCCCCC2)nc1. The highest BCUT2D eigenvalue weighted by molar-refractivity contribution is 5.93. The van der Waals surface area contributed by atoms with Crippen molar-refractivity contribution in [3.63, 3.8) is 0 Å². The van der Waals surface area contributed by atoms with Crippen LogP contribution in [-0.4, -0.2) is 31.1 Å². The molecule has 0 atom stereocenters. The summed E-state index contributed by atoms with van der Waals surface area (Å²) in [6.45, 7) is 2.68. The summed E-state index contributed by atoms with van der Waals surface area (Å²) >= 11 is 0. The van der Waals surface area contributed by atoms with Crippen LogP contribution in [0.15, 0.2) is 47.6 Å². The smallest absolute Gasteiger partial charge is 0.193 e. The number of nitrogens with two attached hydrogens (primary N) is 1. The second-order valence-corrected chi connectivity index (χ2v) is 6.45. The summed E-state index contributed by atoms with van der Waals surface area (Å²) in [5, 5.41) is 3.08. The van der Waals surface area contributed by atoms with Crippen molar-refractivity contribution in [2.75, 3.05) is 30.4 Å². The molecular formula is C20H27N5O. The number of hydrogen-bond donors (Lipinski definition) is 2. The maximum absolute atomic E-state index is 6.00. The number of hydrogen-bond acceptors (Lipinski definition) is 4. The van der Waals surface area contributed by atoms with Crippen molar-refractivity contribution in [3.8, 4) is 5.75 Å². The van der Waals surface area contributed by atoms with Crippen molar-refractivity contribution in [2.24, 2.45) is 10.7 Å². The number of anilines is 2. The van der Waals surface area contributed by atoms with E-state index in [1.54, 1.807) is 7.11 Å². The average Bonchev–Trinajstić information content (AvgIpc) is 2.97. The molecule has 0 radical (unpaired) electrons. The lowest BCUT2D eigenvalue weighted by atomic mass is 10.2. The van der Waals surface area contributed by atoms with Gasteiger partial charge in [0.25, 0.3) is 0 Å². The van der Waals surface area contributed by atoms with Gasteiger partial charge in [0, 0.05) is 19.3 Å². The molecule has 1 saturated heterocycles. The van der Waals surface area contributed by atoms with Crippen LogP contribution in [-0.2, 0) is 6.54 Å². The highest BCUT2D eigenvalue weighted by Crippen LogP contribution is 2.22. The molecule has 26 heavy (non-hydrogen) atoms. The molecule has 1 aromatic carbocycles. The largest absolute Gasteiger partial charge is 0.495 e. The highest BCUT2D eigenvalue weighted by Gasteiger charge is 2.10. The number of benzene rings is 1. The van der Waals surface area contributed by atoms with Gasteiger partial charge in [0.15, 0.2) is 5.96 Å². The molecule has 0 amide bonds. The third-order valence-electron chi connectivity index (χ3n) is 4.54. The molecule has 1 aliphatic rings. The van der Waals surface area contributed by atoms with Crippen LogP contribution in [0.4, 0.5) is 11.5 Å². The van der Waals surface area contributed by atoms with E-state index in [9.17, 15) is 0 Å². The molecule has 6 heteroatoms. The van der Waals surface area contributed by atoms with Crippen LogP contribution in [0.2, 0.25) is 0 Å². The molecule has 1 aromatic heterocycles. The zero-order valence-electron chi connectivity index (χ0n) is 15.3. The van der Waals surface area contributed by atoms with Crippen molar-refractivity contribution >= 4 is 17.5 Å². The van der Waals surface area contributed by atoms with E-state index in [0.717, 1.165) is 35.9 Å². The number of aromatic nitrogens is 1. The minimum atomic E-state index is 0.353. The fraction of sp³-hybridized carbons (Fsp3) is 0.400. The Balaban J connectivity index is 1.59. The molecule has 3 N–H and O–H groups in total. The Bertz CT molecular complexity index is 721. The third kappa shape index (κ3) is 4.88. The fourth-order valence-corrected chi connectivity index (χ4v) is 3.10. The lowest BCUT2D eigenvalue weighted by Crippen LogP contribution is -2.24. The van der Waals surface area contributed by atoms with Crippen molar-refractivity contribution < 1.29 is 4.74 Å². The van der Waals surface area contributed by atoms with E-state index in [1.165, 1.54) is 25.7 Å². The number of para-hydroxylation sites is 2. The first kappa shape index (κ1) is 18.0. The quantitative estimate of drug-likeness (QED) is 0.636. The molecule has 0 aliphatic carbocycles. The van der Waals surface area contributed by atoms with Gasteiger partial charge in [-0.05, 0) is 36.6 Å². The van der Waals surface area contributed by atoms with Crippen LogP contribution < -0.4 is 20.7 Å². The molecule has 2 heterocycles. The minimum absolute atomic E-state index is 0.353. The predicted octanol–water partition coefficient (Wildman–Crippen LogP) is 3.40. The monoisotopic (exact) mass is 353 g/mol. The highest BCUT2D eigenvalue weighted by atomic mass is 16.5. The van der Waals surface area contributed by atoms with E-state index in [0.29, 0.717) is 12.5 Å². The summed E-state index contributed by atoms with van der Waals surface area (Å²) in [4.78, 5) is 11.4. The normalized spacial score (nSPS) is 15.4. The first-order valence-corrected chi connectivity index (χ1v) is 9.16. The Kier molecular flexibility index (Phi) is 6.30. The van der Waals surface area contributed by atoms with Crippen LogP contribution >= 0.6 is 0 Å². The molecule has 138 valence electrons. The molecule has 1 aliphatic heterocycles. The Hall–Kier alpha value is -2.76. The van der Waals surface area contributed by atoms with Crippen LogP contribution in [0.3, 0.4) is 0 Å². The van der Waals surface area contributed by atoms with Gasteiger partial charge in [-0.1, -0.05) is 31.0 Å². The van der Waals surface area contributed by atoms with Crippen LogP contribution in [0, 0.1) is 0 Å². The number of nitrogens with zero attached hydrogens (tertiary/aromatic N) is 3. The molecule has 6 nitrogen and oxygen atoms in total. The molecule has 0 bridgehead atoms. The van der Waals surface area contributed by atoms with Crippen molar-refractivity contribution in [1.82, 2.24) is 4.98 Å². The van der Waals surface area contributed by atoms with E-state index in [2.05, 4.69) is 32.3 Å². The summed E-state index contributed by atoms with van der Waals surface area (Å²) < 4.78 is 5.30. The topological polar surface area (TPSA) is 75.8 Å². The van der Waals surface area contributed by atoms with Gasteiger partial charge in [0.1, 0.15) is 11.6 Å². The minimum Gasteiger partial charge on any atom is -0.495 e. The maximum atomic E-state index is 6.00. The Morgan fingerprint density at radius 3 is 2.62 bits per heavy atom. The number of pyridine rings is 1. The van der Waals surface area contributed by atoms with E-state index < -0.39 is 0 Å². The van der Waals surface area contributed by atoms with E-state index in [-0.39, 0.29) is 0 Å². The van der Waals surface area contributed by atoms with Crippen LogP contribution in [0.25, 0.3) is 0 Å². The summed E-state index contributed by atoms with van der Waals surface area (Å²) in [6.07, 6.45) is 7.03. The van der Waals surface area contributed by atoms with Gasteiger partial charge < -0.3 is 20.7 Å². The van der Waals surface area contributed by atoms with Crippen molar-refractivity contribution in [2.45, 2.75) is 32.2 Å². The number of aliphatic imine (C=N–C) groups is 1. The van der Waals surface area contributed by atoms with Crippen LogP contribution in [0.1, 0.15) is 31.2 Å². The first-order valence-electron chi connectivity index (χ1n) is 9.16. The molecule has 3 rings (SSSR count). The van der Waals surface area contributed by atoms with E-state index >= 15 is 0 Å². The molecular weight excluding hydrogens is 326 g/mol. The zero-order chi connectivity index (χ0) is 18.2. The van der Waals surface area contributed by atoms with Gasteiger partial charge in [-0.3, -0.25) is 0 Å². The van der Waals surface area contributed by atoms with E-state index in [1.807, 2.05) is 30.5 Å². The Morgan fingerprint density at radius 1 is 1.15 bits per heavy atom. The van der Waals surface area contributed by atoms with Gasteiger partial charge in [0.2, 0.25) is 0 Å².